The van der Waals surface area contributed by atoms with Gasteiger partial charge in [0.2, 0.25) is 5.91 Å². The van der Waals surface area contributed by atoms with Crippen LogP contribution in [0.2, 0.25) is 5.02 Å². The van der Waals surface area contributed by atoms with E-state index in [0.29, 0.717) is 16.4 Å². The summed E-state index contributed by atoms with van der Waals surface area (Å²) < 4.78 is 26.0. The topological polar surface area (TPSA) is 81.1 Å². The standard InChI is InChI=1S/C14H16ClN3O3S/c1-9-14(10(2)18(3)17-9)16-13(19)8-22(20,21)12-6-4-11(15)5-7-12/h4-7H,8H2,1-3H3,(H,16,19). The van der Waals surface area contributed by atoms with Gasteiger partial charge in [-0.1, -0.05) is 11.6 Å². The normalized spacial score (nSPS) is 11.5. The molecule has 1 N–H and O–H groups in total. The van der Waals surface area contributed by atoms with Gasteiger partial charge in [-0.2, -0.15) is 5.10 Å². The Labute approximate surface area is 134 Å². The Kier molecular flexibility index (Phi) is 4.58. The van der Waals surface area contributed by atoms with Crippen LogP contribution < -0.4 is 5.32 Å². The first-order chi connectivity index (χ1) is 10.2. The number of carbonyl (C=O) groups excluding carboxylic acids is 1. The average molecular weight is 342 g/mol. The molecule has 0 radical (unpaired) electrons. The summed E-state index contributed by atoms with van der Waals surface area (Å²) in [6, 6.07) is 5.71. The molecule has 0 aliphatic rings. The van der Waals surface area contributed by atoms with Crippen LogP contribution in [0.15, 0.2) is 29.2 Å². The maximum Gasteiger partial charge on any atom is 0.240 e. The number of benzene rings is 1. The lowest BCUT2D eigenvalue weighted by atomic mass is 10.3. The van der Waals surface area contributed by atoms with Gasteiger partial charge in [0.15, 0.2) is 9.84 Å². The Morgan fingerprint density at radius 3 is 2.36 bits per heavy atom. The quantitative estimate of drug-likeness (QED) is 0.923. The van der Waals surface area contributed by atoms with Crippen molar-refractivity contribution in [3.05, 3.63) is 40.7 Å². The summed E-state index contributed by atoms with van der Waals surface area (Å²) in [5.41, 5.74) is 1.94. The van der Waals surface area contributed by atoms with Crippen molar-refractivity contribution in [2.45, 2.75) is 18.7 Å². The number of hydrogen-bond donors (Lipinski definition) is 1. The molecule has 0 aliphatic heterocycles. The largest absolute Gasteiger partial charge is 0.322 e. The van der Waals surface area contributed by atoms with E-state index in [1.54, 1.807) is 25.6 Å². The third-order valence-corrected chi connectivity index (χ3v) is 5.15. The highest BCUT2D eigenvalue weighted by Gasteiger charge is 2.21. The number of rotatable bonds is 4. The monoisotopic (exact) mass is 341 g/mol. The van der Waals surface area contributed by atoms with Gasteiger partial charge in [0.25, 0.3) is 0 Å². The molecule has 22 heavy (non-hydrogen) atoms. The van der Waals surface area contributed by atoms with E-state index in [-0.39, 0.29) is 4.90 Å². The lowest BCUT2D eigenvalue weighted by Crippen LogP contribution is -2.23. The number of sulfone groups is 1. The maximum atomic E-state index is 12.2. The molecule has 0 unspecified atom stereocenters. The van der Waals surface area contributed by atoms with E-state index in [9.17, 15) is 13.2 Å². The van der Waals surface area contributed by atoms with Crippen LogP contribution in [0, 0.1) is 13.8 Å². The van der Waals surface area contributed by atoms with Crippen molar-refractivity contribution < 1.29 is 13.2 Å². The van der Waals surface area contributed by atoms with Gasteiger partial charge in [0.05, 0.1) is 22.0 Å². The lowest BCUT2D eigenvalue weighted by molar-refractivity contribution is -0.113. The van der Waals surface area contributed by atoms with Crippen molar-refractivity contribution in [1.29, 1.82) is 0 Å². The van der Waals surface area contributed by atoms with E-state index in [1.165, 1.54) is 24.3 Å². The van der Waals surface area contributed by atoms with Crippen LogP contribution in [0.1, 0.15) is 11.4 Å². The SMILES string of the molecule is Cc1nn(C)c(C)c1NC(=O)CS(=O)(=O)c1ccc(Cl)cc1. The van der Waals surface area contributed by atoms with Gasteiger partial charge >= 0.3 is 0 Å². The second kappa shape index (κ2) is 6.10. The van der Waals surface area contributed by atoms with Gasteiger partial charge < -0.3 is 5.32 Å². The molecule has 1 amide bonds. The summed E-state index contributed by atoms with van der Waals surface area (Å²) in [6.45, 7) is 3.54. The minimum Gasteiger partial charge on any atom is -0.322 e. The number of amides is 1. The third kappa shape index (κ3) is 3.48. The zero-order valence-electron chi connectivity index (χ0n) is 12.4. The number of hydrogen-bond acceptors (Lipinski definition) is 4. The summed E-state index contributed by atoms with van der Waals surface area (Å²) in [4.78, 5) is 12.1. The summed E-state index contributed by atoms with van der Waals surface area (Å²) in [6.07, 6.45) is 0. The van der Waals surface area contributed by atoms with Crippen LogP contribution in [-0.2, 0) is 21.7 Å². The molecule has 118 valence electrons. The van der Waals surface area contributed by atoms with Gasteiger partial charge in [-0.25, -0.2) is 8.42 Å². The number of anilines is 1. The van der Waals surface area contributed by atoms with Crippen LogP contribution in [0.25, 0.3) is 0 Å². The van der Waals surface area contributed by atoms with Crippen molar-refractivity contribution in [1.82, 2.24) is 9.78 Å². The van der Waals surface area contributed by atoms with E-state index in [0.717, 1.165) is 5.69 Å². The fraction of sp³-hybridized carbons (Fsp3) is 0.286. The first kappa shape index (κ1) is 16.5. The molecule has 0 saturated carbocycles. The molecular weight excluding hydrogens is 326 g/mol. The van der Waals surface area contributed by atoms with E-state index in [1.807, 2.05) is 0 Å². The Bertz CT molecular complexity index is 811. The predicted molar refractivity (Wildman–Crippen MR) is 84.8 cm³/mol. The van der Waals surface area contributed by atoms with E-state index < -0.39 is 21.5 Å². The molecule has 0 spiro atoms. The van der Waals surface area contributed by atoms with Gasteiger partial charge in [0.1, 0.15) is 5.75 Å². The second-order valence-corrected chi connectivity index (χ2v) is 7.36. The Morgan fingerprint density at radius 2 is 1.86 bits per heavy atom. The lowest BCUT2D eigenvalue weighted by Gasteiger charge is -2.07. The van der Waals surface area contributed by atoms with E-state index >= 15 is 0 Å². The average Bonchev–Trinajstić information content (AvgIpc) is 2.65. The Morgan fingerprint density at radius 1 is 1.27 bits per heavy atom. The van der Waals surface area contributed by atoms with Crippen LogP contribution in [-0.4, -0.2) is 29.9 Å². The van der Waals surface area contributed by atoms with Crippen molar-refractivity contribution in [2.75, 3.05) is 11.1 Å². The molecule has 2 rings (SSSR count). The van der Waals surface area contributed by atoms with E-state index in [4.69, 9.17) is 11.6 Å². The van der Waals surface area contributed by atoms with Crippen molar-refractivity contribution in [3.8, 4) is 0 Å². The summed E-state index contributed by atoms with van der Waals surface area (Å²) in [5.74, 6) is -1.24. The van der Waals surface area contributed by atoms with Crippen LogP contribution >= 0.6 is 11.6 Å². The van der Waals surface area contributed by atoms with Crippen LogP contribution in [0.5, 0.6) is 0 Å². The first-order valence-corrected chi connectivity index (χ1v) is 8.52. The minimum atomic E-state index is -3.71. The molecule has 0 bridgehead atoms. The molecule has 0 saturated heterocycles. The molecule has 0 fully saturated rings. The third-order valence-electron chi connectivity index (χ3n) is 3.27. The number of aryl methyl sites for hydroxylation is 2. The molecule has 2 aromatic rings. The second-order valence-electron chi connectivity index (χ2n) is 4.93. The van der Waals surface area contributed by atoms with Crippen molar-refractivity contribution in [3.63, 3.8) is 0 Å². The molecule has 1 aromatic heterocycles. The van der Waals surface area contributed by atoms with Crippen LogP contribution in [0.3, 0.4) is 0 Å². The van der Waals surface area contributed by atoms with E-state index in [2.05, 4.69) is 10.4 Å². The highest BCUT2D eigenvalue weighted by Crippen LogP contribution is 2.19. The number of carbonyl (C=O) groups is 1. The molecule has 1 aromatic carbocycles. The fourth-order valence-corrected chi connectivity index (χ4v) is 3.29. The summed E-state index contributed by atoms with van der Waals surface area (Å²) in [7, 11) is -1.96. The Balaban J connectivity index is 2.16. The van der Waals surface area contributed by atoms with Gasteiger partial charge in [-0.3, -0.25) is 9.48 Å². The number of halogens is 1. The highest BCUT2D eigenvalue weighted by atomic mass is 35.5. The smallest absolute Gasteiger partial charge is 0.240 e. The van der Waals surface area contributed by atoms with Gasteiger partial charge in [-0.15, -0.1) is 0 Å². The van der Waals surface area contributed by atoms with Crippen molar-refractivity contribution in [2.24, 2.45) is 7.05 Å². The van der Waals surface area contributed by atoms with Crippen LogP contribution in [0.4, 0.5) is 5.69 Å². The highest BCUT2D eigenvalue weighted by molar-refractivity contribution is 7.92. The molecular formula is C14H16ClN3O3S. The molecule has 0 atom stereocenters. The maximum absolute atomic E-state index is 12.2. The molecule has 1 heterocycles. The number of nitrogens with zero attached hydrogens (tertiary/aromatic N) is 2. The fourth-order valence-electron chi connectivity index (χ4n) is 2.03. The predicted octanol–water partition coefficient (Wildman–Crippen LogP) is 2.10. The number of nitrogens with one attached hydrogen (secondary N) is 1. The van der Waals surface area contributed by atoms with Gasteiger partial charge in [-0.05, 0) is 38.1 Å². The zero-order valence-corrected chi connectivity index (χ0v) is 14.0. The molecule has 6 nitrogen and oxygen atoms in total. The Hall–Kier alpha value is -1.86. The zero-order chi connectivity index (χ0) is 16.5. The minimum absolute atomic E-state index is 0.0617. The number of aromatic nitrogens is 2. The molecule has 8 heteroatoms. The van der Waals surface area contributed by atoms with Gasteiger partial charge in [0, 0.05) is 12.1 Å². The van der Waals surface area contributed by atoms with Crippen molar-refractivity contribution >= 4 is 33.0 Å². The first-order valence-electron chi connectivity index (χ1n) is 6.49. The summed E-state index contributed by atoms with van der Waals surface area (Å²) >= 11 is 5.73. The summed E-state index contributed by atoms with van der Waals surface area (Å²) in [5, 5.41) is 7.21. The molecule has 0 aliphatic carbocycles.